The molecule has 0 spiro atoms. The highest BCUT2D eigenvalue weighted by Crippen LogP contribution is 2.19. The van der Waals surface area contributed by atoms with Crippen LogP contribution in [0.2, 0.25) is 0 Å². The smallest absolute Gasteiger partial charge is 0.328 e. The first-order chi connectivity index (χ1) is 8.09. The number of hydrogen-bond donors (Lipinski definition) is 2. The van der Waals surface area contributed by atoms with E-state index < -0.39 is 12.0 Å². The first kappa shape index (κ1) is 16.9. The van der Waals surface area contributed by atoms with E-state index in [0.717, 1.165) is 0 Å². The molecular weight excluding hydrogens is 232 g/mol. The van der Waals surface area contributed by atoms with Crippen LogP contribution in [0.25, 0.3) is 0 Å². The number of methoxy groups -OCH3 is 1. The zero-order chi connectivity index (χ0) is 14.5. The summed E-state index contributed by atoms with van der Waals surface area (Å²) >= 11 is 0. The lowest BCUT2D eigenvalue weighted by Gasteiger charge is -2.27. The summed E-state index contributed by atoms with van der Waals surface area (Å²) in [7, 11) is 1.31. The molecule has 2 atom stereocenters. The minimum atomic E-state index is -0.616. The number of ether oxygens (including phenoxy) is 1. The molecule has 1 amide bonds. The average Bonchev–Trinajstić information content (AvgIpc) is 2.23. The number of nitrogens with two attached hydrogens (primary N) is 1. The fourth-order valence-electron chi connectivity index (χ4n) is 1.36. The Bertz CT molecular complexity index is 295. The van der Waals surface area contributed by atoms with Gasteiger partial charge in [0.15, 0.2) is 0 Å². The molecule has 106 valence electrons. The first-order valence-electron chi connectivity index (χ1n) is 6.22. The Morgan fingerprint density at radius 3 is 2.11 bits per heavy atom. The Hall–Kier alpha value is -1.10. The zero-order valence-electron chi connectivity index (χ0n) is 12.2. The lowest BCUT2D eigenvalue weighted by atomic mass is 9.85. The van der Waals surface area contributed by atoms with Gasteiger partial charge in [-0.3, -0.25) is 4.79 Å². The third-order valence-electron chi connectivity index (χ3n) is 2.96. The Morgan fingerprint density at radius 2 is 1.78 bits per heavy atom. The van der Waals surface area contributed by atoms with Gasteiger partial charge in [0.05, 0.1) is 7.11 Å². The second-order valence-electron chi connectivity index (χ2n) is 5.99. The van der Waals surface area contributed by atoms with Gasteiger partial charge in [0, 0.05) is 12.5 Å². The van der Waals surface area contributed by atoms with Gasteiger partial charge in [-0.05, 0) is 11.3 Å². The molecule has 5 nitrogen and oxygen atoms in total. The van der Waals surface area contributed by atoms with Gasteiger partial charge in [-0.15, -0.1) is 0 Å². The Kier molecular flexibility index (Phi) is 6.32. The number of hydrogen-bond acceptors (Lipinski definition) is 4. The third kappa shape index (κ3) is 5.49. The molecule has 0 aliphatic heterocycles. The van der Waals surface area contributed by atoms with E-state index in [4.69, 9.17) is 5.73 Å². The molecule has 0 aliphatic carbocycles. The van der Waals surface area contributed by atoms with E-state index in [2.05, 4.69) is 10.1 Å². The van der Waals surface area contributed by atoms with E-state index in [9.17, 15) is 9.59 Å². The highest BCUT2D eigenvalue weighted by molar-refractivity contribution is 5.84. The number of carbonyl (C=O) groups excluding carboxylic acids is 2. The van der Waals surface area contributed by atoms with Crippen LogP contribution < -0.4 is 11.1 Å². The van der Waals surface area contributed by atoms with E-state index in [1.807, 2.05) is 34.6 Å². The number of nitrogens with one attached hydrogen (secondary N) is 1. The van der Waals surface area contributed by atoms with Crippen molar-refractivity contribution in [2.45, 2.75) is 53.1 Å². The van der Waals surface area contributed by atoms with E-state index in [0.29, 0.717) is 0 Å². The molecule has 0 aromatic carbocycles. The van der Waals surface area contributed by atoms with Gasteiger partial charge in [0.1, 0.15) is 6.04 Å². The lowest BCUT2D eigenvalue weighted by molar-refractivity contribution is -0.146. The summed E-state index contributed by atoms with van der Waals surface area (Å²) in [6.45, 7) is 9.64. The highest BCUT2D eigenvalue weighted by atomic mass is 16.5. The fourth-order valence-corrected chi connectivity index (χ4v) is 1.36. The van der Waals surface area contributed by atoms with Gasteiger partial charge >= 0.3 is 5.97 Å². The largest absolute Gasteiger partial charge is 0.467 e. The standard InChI is InChI=1S/C13H26N2O3/c1-8(2)11(12(17)18-6)15-10(16)7-9(14)13(3,4)5/h8-9,11H,7,14H2,1-6H3,(H,15,16)/t9?,11-/m0/s1. The molecule has 0 saturated carbocycles. The maximum absolute atomic E-state index is 11.8. The molecule has 5 heteroatoms. The molecule has 1 unspecified atom stereocenters. The van der Waals surface area contributed by atoms with Crippen LogP contribution in [0.4, 0.5) is 0 Å². The zero-order valence-corrected chi connectivity index (χ0v) is 12.2. The van der Waals surface area contributed by atoms with Crippen molar-refractivity contribution in [3.63, 3.8) is 0 Å². The van der Waals surface area contributed by atoms with Crippen LogP contribution in [0.15, 0.2) is 0 Å². The van der Waals surface area contributed by atoms with E-state index in [1.165, 1.54) is 7.11 Å². The molecule has 0 rings (SSSR count). The van der Waals surface area contributed by atoms with Crippen molar-refractivity contribution in [3.8, 4) is 0 Å². The normalized spacial score (nSPS) is 15.1. The van der Waals surface area contributed by atoms with Crippen LogP contribution >= 0.6 is 0 Å². The Labute approximate surface area is 109 Å². The summed E-state index contributed by atoms with van der Waals surface area (Å²) in [4.78, 5) is 23.3. The van der Waals surface area contributed by atoms with Crippen molar-refractivity contribution in [2.24, 2.45) is 17.1 Å². The number of esters is 1. The van der Waals surface area contributed by atoms with Crippen molar-refractivity contribution < 1.29 is 14.3 Å². The lowest BCUT2D eigenvalue weighted by Crippen LogP contribution is -2.48. The molecule has 0 fully saturated rings. The summed E-state index contributed by atoms with van der Waals surface area (Å²) in [6, 6.07) is -0.863. The van der Waals surface area contributed by atoms with Gasteiger partial charge in [0.2, 0.25) is 5.91 Å². The van der Waals surface area contributed by atoms with E-state index >= 15 is 0 Å². The number of rotatable bonds is 5. The summed E-state index contributed by atoms with van der Waals surface area (Å²) < 4.78 is 4.66. The molecule has 0 saturated heterocycles. The summed E-state index contributed by atoms with van der Waals surface area (Å²) in [5.41, 5.74) is 5.79. The predicted molar refractivity (Wildman–Crippen MR) is 70.8 cm³/mol. The van der Waals surface area contributed by atoms with Crippen LogP contribution in [-0.2, 0) is 14.3 Å². The topological polar surface area (TPSA) is 81.4 Å². The Morgan fingerprint density at radius 1 is 1.28 bits per heavy atom. The van der Waals surface area contributed by atoms with Crippen molar-refractivity contribution in [1.29, 1.82) is 0 Å². The SMILES string of the molecule is COC(=O)[C@@H](NC(=O)CC(N)C(C)(C)C)C(C)C. The molecular formula is C13H26N2O3. The fraction of sp³-hybridized carbons (Fsp3) is 0.846. The van der Waals surface area contributed by atoms with Gasteiger partial charge in [-0.25, -0.2) is 4.79 Å². The molecule has 0 aromatic rings. The number of carbonyl (C=O) groups is 2. The molecule has 0 heterocycles. The predicted octanol–water partition coefficient (Wildman–Crippen LogP) is 1.06. The molecule has 0 aromatic heterocycles. The van der Waals surface area contributed by atoms with Crippen molar-refractivity contribution in [2.75, 3.05) is 7.11 Å². The van der Waals surface area contributed by atoms with Crippen LogP contribution in [0.3, 0.4) is 0 Å². The quantitative estimate of drug-likeness (QED) is 0.723. The van der Waals surface area contributed by atoms with Gasteiger partial charge < -0.3 is 15.8 Å². The van der Waals surface area contributed by atoms with E-state index in [1.54, 1.807) is 0 Å². The molecule has 0 aliphatic rings. The van der Waals surface area contributed by atoms with Crippen LogP contribution in [-0.4, -0.2) is 31.1 Å². The second kappa shape index (κ2) is 6.73. The number of amides is 1. The van der Waals surface area contributed by atoms with Crippen LogP contribution in [0, 0.1) is 11.3 Å². The molecule has 18 heavy (non-hydrogen) atoms. The summed E-state index contributed by atoms with van der Waals surface area (Å²) in [5.74, 6) is -0.670. The maximum Gasteiger partial charge on any atom is 0.328 e. The summed E-state index contributed by atoms with van der Waals surface area (Å²) in [5, 5.41) is 2.68. The van der Waals surface area contributed by atoms with Gasteiger partial charge in [-0.2, -0.15) is 0 Å². The first-order valence-corrected chi connectivity index (χ1v) is 6.22. The van der Waals surface area contributed by atoms with E-state index in [-0.39, 0.29) is 29.7 Å². The van der Waals surface area contributed by atoms with Gasteiger partial charge in [-0.1, -0.05) is 34.6 Å². The maximum atomic E-state index is 11.8. The third-order valence-corrected chi connectivity index (χ3v) is 2.96. The minimum absolute atomic E-state index is 0.0211. The van der Waals surface area contributed by atoms with Crippen molar-refractivity contribution in [1.82, 2.24) is 5.32 Å². The highest BCUT2D eigenvalue weighted by Gasteiger charge is 2.28. The van der Waals surface area contributed by atoms with Crippen molar-refractivity contribution in [3.05, 3.63) is 0 Å². The minimum Gasteiger partial charge on any atom is -0.467 e. The molecule has 3 N–H and O–H groups in total. The van der Waals surface area contributed by atoms with Crippen LogP contribution in [0.5, 0.6) is 0 Å². The Balaban J connectivity index is 4.49. The summed E-state index contributed by atoms with van der Waals surface area (Å²) in [6.07, 6.45) is 0.198. The van der Waals surface area contributed by atoms with Crippen LogP contribution in [0.1, 0.15) is 41.0 Å². The monoisotopic (exact) mass is 258 g/mol. The average molecular weight is 258 g/mol. The molecule has 0 bridgehead atoms. The molecule has 0 radical (unpaired) electrons. The second-order valence-corrected chi connectivity index (χ2v) is 5.99. The van der Waals surface area contributed by atoms with Crippen molar-refractivity contribution >= 4 is 11.9 Å². The van der Waals surface area contributed by atoms with Gasteiger partial charge in [0.25, 0.3) is 0 Å².